The van der Waals surface area contributed by atoms with E-state index < -0.39 is 17.5 Å². The number of carbonyl (C=O) groups is 1. The van der Waals surface area contributed by atoms with Gasteiger partial charge in [-0.05, 0) is 26.8 Å². The van der Waals surface area contributed by atoms with Crippen LogP contribution < -0.4 is 5.32 Å². The maximum atomic E-state index is 13.3. The van der Waals surface area contributed by atoms with Gasteiger partial charge in [-0.2, -0.15) is 13.2 Å². The van der Waals surface area contributed by atoms with Gasteiger partial charge in [-0.25, -0.2) is 0 Å². The highest BCUT2D eigenvalue weighted by atomic mass is 19.4. The van der Waals surface area contributed by atoms with Crippen molar-refractivity contribution in [3.05, 3.63) is 0 Å². The van der Waals surface area contributed by atoms with Gasteiger partial charge in [0, 0.05) is 26.2 Å². The Hall–Kier alpha value is -0.820. The lowest BCUT2D eigenvalue weighted by Gasteiger charge is -2.37. The largest absolute Gasteiger partial charge is 0.404 e. The van der Waals surface area contributed by atoms with Crippen molar-refractivity contribution in [1.82, 2.24) is 10.2 Å². The minimum absolute atomic E-state index is 0.171. The predicted molar refractivity (Wildman–Crippen MR) is 64.7 cm³/mol. The number of amides is 1. The molecule has 0 bridgehead atoms. The number of nitrogens with zero attached hydrogens (tertiary/aromatic N) is 1. The molecule has 7 heteroatoms. The highest BCUT2D eigenvalue weighted by Gasteiger charge is 2.62. The number of alkyl halides is 3. The first-order chi connectivity index (χ1) is 8.76. The number of hydrogen-bond acceptors (Lipinski definition) is 3. The summed E-state index contributed by atoms with van der Waals surface area (Å²) in [4.78, 5) is 13.6. The summed E-state index contributed by atoms with van der Waals surface area (Å²) in [7, 11) is 1.46. The number of ether oxygens (including phenoxy) is 1. The summed E-state index contributed by atoms with van der Waals surface area (Å²) < 4.78 is 44.7. The van der Waals surface area contributed by atoms with E-state index in [9.17, 15) is 18.0 Å². The average Bonchev–Trinajstić information content (AvgIpc) is 2.78. The Kier molecular flexibility index (Phi) is 5.20. The molecule has 0 aromatic rings. The fourth-order valence-electron chi connectivity index (χ4n) is 2.30. The molecule has 0 radical (unpaired) electrons. The molecule has 1 aliphatic heterocycles. The molecule has 112 valence electrons. The normalized spacial score (nSPS) is 23.9. The number of nitrogens with one attached hydrogen (secondary N) is 1. The molecular weight excluding hydrogens is 261 g/mol. The van der Waals surface area contributed by atoms with E-state index in [1.165, 1.54) is 12.0 Å². The molecule has 1 unspecified atom stereocenters. The molecule has 1 heterocycles. The lowest BCUT2D eigenvalue weighted by atomic mass is 9.84. The van der Waals surface area contributed by atoms with E-state index in [1.807, 2.05) is 0 Å². The van der Waals surface area contributed by atoms with Crippen molar-refractivity contribution in [1.29, 1.82) is 0 Å². The van der Waals surface area contributed by atoms with Crippen LogP contribution in [0.15, 0.2) is 0 Å². The zero-order chi connectivity index (χ0) is 14.7. The molecular formula is C12H21F3N2O2. The molecule has 1 fully saturated rings. The van der Waals surface area contributed by atoms with Crippen LogP contribution in [0.25, 0.3) is 0 Å². The van der Waals surface area contributed by atoms with Crippen molar-refractivity contribution in [2.75, 3.05) is 33.4 Å². The van der Waals surface area contributed by atoms with Gasteiger partial charge in [-0.3, -0.25) is 4.79 Å². The van der Waals surface area contributed by atoms with Gasteiger partial charge in [-0.15, -0.1) is 0 Å². The molecule has 1 saturated heterocycles. The zero-order valence-corrected chi connectivity index (χ0v) is 11.5. The number of rotatable bonds is 5. The SMILES string of the molecule is COCCN(C(=O)C1(C(F)(F)F)CCNC1)C(C)C. The maximum Gasteiger partial charge on any atom is 0.404 e. The standard InChI is InChI=1S/C12H21F3N2O2/c1-9(2)17(6-7-19-3)10(18)11(12(13,14)15)4-5-16-8-11/h9,16H,4-8H2,1-3H3. The van der Waals surface area contributed by atoms with Gasteiger partial charge in [0.2, 0.25) is 5.91 Å². The van der Waals surface area contributed by atoms with Gasteiger partial charge < -0.3 is 15.0 Å². The Bertz CT molecular complexity index is 313. The fourth-order valence-corrected chi connectivity index (χ4v) is 2.30. The summed E-state index contributed by atoms with van der Waals surface area (Å²) in [6.07, 6.45) is -4.74. The summed E-state index contributed by atoms with van der Waals surface area (Å²) in [5.41, 5.74) is -2.29. The van der Waals surface area contributed by atoms with Crippen LogP contribution >= 0.6 is 0 Å². The Morgan fingerprint density at radius 2 is 2.11 bits per heavy atom. The molecule has 4 nitrogen and oxygen atoms in total. The van der Waals surface area contributed by atoms with Crippen LogP contribution in [0.5, 0.6) is 0 Å². The van der Waals surface area contributed by atoms with Crippen molar-refractivity contribution < 1.29 is 22.7 Å². The molecule has 1 atom stereocenters. The predicted octanol–water partition coefficient (Wildman–Crippen LogP) is 1.41. The third-order valence-electron chi connectivity index (χ3n) is 3.53. The van der Waals surface area contributed by atoms with Crippen molar-refractivity contribution >= 4 is 5.91 Å². The van der Waals surface area contributed by atoms with Crippen LogP contribution in [0.1, 0.15) is 20.3 Å². The third-order valence-corrected chi connectivity index (χ3v) is 3.53. The van der Waals surface area contributed by atoms with Crippen LogP contribution in [0, 0.1) is 5.41 Å². The van der Waals surface area contributed by atoms with Gasteiger partial charge in [0.05, 0.1) is 6.61 Å². The topological polar surface area (TPSA) is 41.6 Å². The van der Waals surface area contributed by atoms with Gasteiger partial charge >= 0.3 is 6.18 Å². The summed E-state index contributed by atoms with van der Waals surface area (Å²) >= 11 is 0. The Labute approximate surface area is 111 Å². The van der Waals surface area contributed by atoms with Gasteiger partial charge in [0.15, 0.2) is 5.41 Å². The minimum Gasteiger partial charge on any atom is -0.383 e. The number of hydrogen-bond donors (Lipinski definition) is 1. The molecule has 0 aliphatic carbocycles. The van der Waals surface area contributed by atoms with Crippen LogP contribution in [0.3, 0.4) is 0 Å². The molecule has 1 rings (SSSR count). The molecule has 19 heavy (non-hydrogen) atoms. The fraction of sp³-hybridized carbons (Fsp3) is 0.917. The molecule has 0 saturated carbocycles. The van der Waals surface area contributed by atoms with E-state index in [0.29, 0.717) is 0 Å². The Morgan fingerprint density at radius 1 is 1.47 bits per heavy atom. The van der Waals surface area contributed by atoms with Gasteiger partial charge in [-0.1, -0.05) is 0 Å². The highest BCUT2D eigenvalue weighted by molar-refractivity contribution is 5.84. The van der Waals surface area contributed by atoms with Crippen molar-refractivity contribution in [3.63, 3.8) is 0 Å². The third kappa shape index (κ3) is 3.20. The van der Waals surface area contributed by atoms with Crippen molar-refractivity contribution in [2.24, 2.45) is 5.41 Å². The molecule has 0 aromatic heterocycles. The summed E-state index contributed by atoms with van der Waals surface area (Å²) in [6.45, 7) is 3.68. The van der Waals surface area contributed by atoms with E-state index in [2.05, 4.69) is 5.32 Å². The van der Waals surface area contributed by atoms with Crippen LogP contribution in [0.4, 0.5) is 13.2 Å². The van der Waals surface area contributed by atoms with Gasteiger partial charge in [0.25, 0.3) is 0 Å². The molecule has 1 amide bonds. The number of methoxy groups -OCH3 is 1. The van der Waals surface area contributed by atoms with E-state index in [4.69, 9.17) is 4.74 Å². The van der Waals surface area contributed by atoms with Crippen LogP contribution in [-0.2, 0) is 9.53 Å². The molecule has 0 spiro atoms. The summed E-state index contributed by atoms with van der Waals surface area (Å²) in [5.74, 6) is -0.850. The van der Waals surface area contributed by atoms with Crippen molar-refractivity contribution in [3.8, 4) is 0 Å². The second kappa shape index (κ2) is 6.09. The molecule has 0 aromatic carbocycles. The van der Waals surface area contributed by atoms with Crippen molar-refractivity contribution in [2.45, 2.75) is 32.5 Å². The molecule has 1 N–H and O–H groups in total. The second-order valence-corrected chi connectivity index (χ2v) is 5.09. The quantitative estimate of drug-likeness (QED) is 0.829. The smallest absolute Gasteiger partial charge is 0.383 e. The average molecular weight is 282 g/mol. The first-order valence-electron chi connectivity index (χ1n) is 6.33. The monoisotopic (exact) mass is 282 g/mol. The Balaban J connectivity index is 2.98. The van der Waals surface area contributed by atoms with Crippen LogP contribution in [0.2, 0.25) is 0 Å². The van der Waals surface area contributed by atoms with Crippen LogP contribution in [-0.4, -0.2) is 56.4 Å². The number of halogens is 3. The summed E-state index contributed by atoms with van der Waals surface area (Å²) in [5, 5.41) is 2.65. The minimum atomic E-state index is -4.53. The first kappa shape index (κ1) is 16.2. The Morgan fingerprint density at radius 3 is 2.47 bits per heavy atom. The van der Waals surface area contributed by atoms with E-state index >= 15 is 0 Å². The molecule has 1 aliphatic rings. The first-order valence-corrected chi connectivity index (χ1v) is 6.33. The summed E-state index contributed by atoms with van der Waals surface area (Å²) in [6, 6.07) is -0.289. The van der Waals surface area contributed by atoms with E-state index in [1.54, 1.807) is 13.8 Å². The van der Waals surface area contributed by atoms with E-state index in [0.717, 1.165) is 0 Å². The zero-order valence-electron chi connectivity index (χ0n) is 11.5. The lowest BCUT2D eigenvalue weighted by Crippen LogP contribution is -2.55. The number of carbonyl (C=O) groups excluding carboxylic acids is 1. The second-order valence-electron chi connectivity index (χ2n) is 5.09. The maximum absolute atomic E-state index is 13.3. The van der Waals surface area contributed by atoms with Gasteiger partial charge in [0.1, 0.15) is 0 Å². The highest BCUT2D eigenvalue weighted by Crippen LogP contribution is 2.44. The lowest BCUT2D eigenvalue weighted by molar-refractivity contribution is -0.222. The van der Waals surface area contributed by atoms with E-state index in [-0.39, 0.29) is 38.7 Å².